The van der Waals surface area contributed by atoms with Gasteiger partial charge >= 0.3 is 0 Å². The van der Waals surface area contributed by atoms with Crippen molar-refractivity contribution in [2.45, 2.75) is 65.2 Å². The molecule has 0 aliphatic rings. The predicted molar refractivity (Wildman–Crippen MR) is 78.0 cm³/mol. The Bertz CT molecular complexity index is 150. The summed E-state index contributed by atoms with van der Waals surface area (Å²) in [5.41, 5.74) is 1.12. The average molecular weight is 293 g/mol. The Morgan fingerprint density at radius 3 is 1.69 bits per heavy atom. The molecule has 16 heavy (non-hydrogen) atoms. The molecule has 0 aliphatic heterocycles. The normalized spacial score (nSPS) is 15.0. The molecule has 98 valence electrons. The third kappa shape index (κ3) is 8.58. The number of halogens is 1. The van der Waals surface area contributed by atoms with Gasteiger partial charge in [0.15, 0.2) is 0 Å². The molecular formula is C14H31BrN+. The Morgan fingerprint density at radius 2 is 1.19 bits per heavy atom. The van der Waals surface area contributed by atoms with E-state index in [2.05, 4.69) is 36.8 Å². The lowest BCUT2D eigenvalue weighted by molar-refractivity contribution is -0.896. The lowest BCUT2D eigenvalue weighted by Crippen LogP contribution is -2.44. The van der Waals surface area contributed by atoms with E-state index in [0.29, 0.717) is 0 Å². The molecule has 0 aromatic rings. The van der Waals surface area contributed by atoms with E-state index in [9.17, 15) is 0 Å². The molecule has 0 spiro atoms. The largest absolute Gasteiger partial charge is 0.317 e. The van der Waals surface area contributed by atoms with E-state index < -0.39 is 0 Å². The molecule has 0 aromatic heterocycles. The first-order valence-corrected chi connectivity index (χ1v) is 8.20. The molecule has 0 radical (unpaired) electrons. The zero-order valence-corrected chi connectivity index (χ0v) is 13.2. The maximum atomic E-state index is 3.68. The van der Waals surface area contributed by atoms with Gasteiger partial charge in [-0.2, -0.15) is 0 Å². The van der Waals surface area contributed by atoms with Gasteiger partial charge in [-0.25, -0.2) is 0 Å². The third-order valence-corrected chi connectivity index (χ3v) is 4.60. The molecular weight excluding hydrogens is 262 g/mol. The molecule has 0 heterocycles. The Kier molecular flexibility index (Phi) is 10.9. The van der Waals surface area contributed by atoms with Crippen molar-refractivity contribution in [1.82, 2.24) is 0 Å². The maximum absolute atomic E-state index is 3.68. The Balaban J connectivity index is 3.61. The van der Waals surface area contributed by atoms with E-state index in [1.807, 2.05) is 0 Å². The highest BCUT2D eigenvalue weighted by molar-refractivity contribution is 9.09. The molecule has 0 saturated heterocycles. The summed E-state index contributed by atoms with van der Waals surface area (Å²) < 4.78 is 1.21. The van der Waals surface area contributed by atoms with Crippen LogP contribution in [-0.2, 0) is 0 Å². The van der Waals surface area contributed by atoms with Crippen molar-refractivity contribution in [1.29, 1.82) is 0 Å². The quantitative estimate of drug-likeness (QED) is 0.219. The van der Waals surface area contributed by atoms with Gasteiger partial charge in [0.25, 0.3) is 0 Å². The zero-order valence-electron chi connectivity index (χ0n) is 11.6. The number of nitrogens with zero attached hydrogens (tertiary/aromatic N) is 1. The molecule has 0 fully saturated rings. The monoisotopic (exact) mass is 292 g/mol. The molecule has 1 unspecified atom stereocenters. The van der Waals surface area contributed by atoms with Gasteiger partial charge in [-0.1, -0.05) is 39.5 Å². The van der Waals surface area contributed by atoms with E-state index in [4.69, 9.17) is 0 Å². The van der Waals surface area contributed by atoms with Gasteiger partial charge in [-0.3, -0.25) is 0 Å². The molecule has 0 saturated carbocycles. The van der Waals surface area contributed by atoms with E-state index in [0.717, 1.165) is 5.45 Å². The number of unbranched alkanes of at least 4 members (excludes halogenated alkanes) is 6. The number of quaternary nitrogens is 1. The van der Waals surface area contributed by atoms with Gasteiger partial charge in [-0.05, 0) is 41.6 Å². The fourth-order valence-corrected chi connectivity index (χ4v) is 2.57. The van der Waals surface area contributed by atoms with Crippen molar-refractivity contribution >= 4 is 15.9 Å². The van der Waals surface area contributed by atoms with E-state index in [1.165, 1.54) is 68.9 Å². The van der Waals surface area contributed by atoms with Crippen LogP contribution in [0.2, 0.25) is 0 Å². The number of alkyl halides is 1. The minimum atomic E-state index is 1.12. The summed E-state index contributed by atoms with van der Waals surface area (Å²) in [5, 5.41) is 0. The summed E-state index contributed by atoms with van der Waals surface area (Å²) >= 11 is 3.68. The fraction of sp³-hybridized carbons (Fsp3) is 1.00. The van der Waals surface area contributed by atoms with Gasteiger partial charge < -0.3 is 4.48 Å². The lowest BCUT2D eigenvalue weighted by Gasteiger charge is -2.32. The van der Waals surface area contributed by atoms with Crippen molar-refractivity contribution in [3.63, 3.8) is 0 Å². The van der Waals surface area contributed by atoms with Crippen molar-refractivity contribution in [3.05, 3.63) is 0 Å². The van der Waals surface area contributed by atoms with Crippen molar-refractivity contribution in [2.75, 3.05) is 25.6 Å². The van der Waals surface area contributed by atoms with Crippen molar-refractivity contribution < 1.29 is 4.48 Å². The van der Waals surface area contributed by atoms with E-state index in [1.54, 1.807) is 0 Å². The first-order chi connectivity index (χ1) is 7.68. The minimum Gasteiger partial charge on any atom is -0.317 e. The standard InChI is InChI=1S/C14H31BrN/c1-4-6-8-9-11-13-16(3,14-15)12-10-7-5-2/h4-14H2,1-3H3/q+1. The van der Waals surface area contributed by atoms with Crippen LogP contribution in [0.15, 0.2) is 0 Å². The van der Waals surface area contributed by atoms with Crippen LogP contribution in [0.4, 0.5) is 0 Å². The molecule has 1 nitrogen and oxygen atoms in total. The third-order valence-electron chi connectivity index (χ3n) is 3.39. The summed E-state index contributed by atoms with van der Waals surface area (Å²) in [6, 6.07) is 0. The Labute approximate surface area is 111 Å². The van der Waals surface area contributed by atoms with Crippen LogP contribution >= 0.6 is 15.9 Å². The van der Waals surface area contributed by atoms with Crippen molar-refractivity contribution in [3.8, 4) is 0 Å². The molecule has 0 N–H and O–H groups in total. The van der Waals surface area contributed by atoms with Gasteiger partial charge in [-0.15, -0.1) is 0 Å². The maximum Gasteiger partial charge on any atom is 0.134 e. The summed E-state index contributed by atoms with van der Waals surface area (Å²) in [6.45, 7) is 7.25. The van der Waals surface area contributed by atoms with Crippen LogP contribution in [0.3, 0.4) is 0 Å². The highest BCUT2D eigenvalue weighted by Crippen LogP contribution is 2.13. The lowest BCUT2D eigenvalue weighted by atomic mass is 10.1. The fourth-order valence-electron chi connectivity index (χ4n) is 2.07. The van der Waals surface area contributed by atoms with E-state index in [-0.39, 0.29) is 0 Å². The topological polar surface area (TPSA) is 0 Å². The van der Waals surface area contributed by atoms with Crippen LogP contribution in [0.1, 0.15) is 65.2 Å². The van der Waals surface area contributed by atoms with Gasteiger partial charge in [0.2, 0.25) is 0 Å². The van der Waals surface area contributed by atoms with Gasteiger partial charge in [0.05, 0.1) is 20.1 Å². The first-order valence-electron chi connectivity index (χ1n) is 7.08. The molecule has 0 rings (SSSR count). The van der Waals surface area contributed by atoms with Crippen LogP contribution in [0, 0.1) is 0 Å². The Morgan fingerprint density at radius 1 is 0.750 bits per heavy atom. The minimum absolute atomic E-state index is 1.12. The van der Waals surface area contributed by atoms with Crippen molar-refractivity contribution in [2.24, 2.45) is 0 Å². The Hall–Kier alpha value is 0.440. The summed E-state index contributed by atoms with van der Waals surface area (Å²) in [7, 11) is 2.39. The predicted octanol–water partition coefficient (Wildman–Crippen LogP) is 4.95. The second kappa shape index (κ2) is 10.6. The molecule has 0 bridgehead atoms. The van der Waals surface area contributed by atoms with Crippen LogP contribution in [-0.4, -0.2) is 30.1 Å². The molecule has 0 aromatic carbocycles. The number of rotatable bonds is 11. The number of hydrogen-bond donors (Lipinski definition) is 0. The molecule has 0 amide bonds. The van der Waals surface area contributed by atoms with Crippen LogP contribution < -0.4 is 0 Å². The second-order valence-electron chi connectivity index (χ2n) is 5.31. The first kappa shape index (κ1) is 16.4. The number of hydrogen-bond acceptors (Lipinski definition) is 0. The second-order valence-corrected chi connectivity index (χ2v) is 5.81. The molecule has 1 atom stereocenters. The highest BCUT2D eigenvalue weighted by Gasteiger charge is 2.18. The van der Waals surface area contributed by atoms with Crippen LogP contribution in [0.5, 0.6) is 0 Å². The van der Waals surface area contributed by atoms with Crippen LogP contribution in [0.25, 0.3) is 0 Å². The summed E-state index contributed by atoms with van der Waals surface area (Å²) in [6.07, 6.45) is 11.1. The summed E-state index contributed by atoms with van der Waals surface area (Å²) in [5.74, 6) is 0. The van der Waals surface area contributed by atoms with Gasteiger partial charge in [0.1, 0.15) is 5.45 Å². The highest BCUT2D eigenvalue weighted by atomic mass is 79.9. The summed E-state index contributed by atoms with van der Waals surface area (Å²) in [4.78, 5) is 0. The average Bonchev–Trinajstić information content (AvgIpc) is 2.29. The molecule has 2 heteroatoms. The molecule has 0 aliphatic carbocycles. The van der Waals surface area contributed by atoms with E-state index >= 15 is 0 Å². The zero-order chi connectivity index (χ0) is 12.3. The van der Waals surface area contributed by atoms with Gasteiger partial charge in [0, 0.05) is 0 Å². The smallest absolute Gasteiger partial charge is 0.134 e. The SMILES string of the molecule is CCCCCCC[N+](C)(CBr)CCCCC.